The molecule has 0 rings (SSSR count). The van der Waals surface area contributed by atoms with Crippen LogP contribution < -0.4 is 0 Å². The lowest BCUT2D eigenvalue weighted by atomic mass is 10.4. The third kappa shape index (κ3) is 6.11. The Kier molecular flexibility index (Phi) is 7.73. The summed E-state index contributed by atoms with van der Waals surface area (Å²) in [7, 11) is -3.37. The first kappa shape index (κ1) is 13.6. The molecule has 0 bridgehead atoms. The van der Waals surface area contributed by atoms with Gasteiger partial charge in [0.05, 0.1) is 25.9 Å². The Morgan fingerprint density at radius 2 is 1.79 bits per heavy atom. The normalized spacial score (nSPS) is 11.2. The Morgan fingerprint density at radius 3 is 2.21 bits per heavy atom. The summed E-state index contributed by atoms with van der Waals surface area (Å²) >= 11 is 0. The van der Waals surface area contributed by atoms with E-state index in [4.69, 9.17) is 18.8 Å². The lowest BCUT2D eigenvalue weighted by Crippen LogP contribution is -2.01. The average Bonchev–Trinajstić information content (AvgIpc) is 2.13. The molecule has 0 saturated carbocycles. The van der Waals surface area contributed by atoms with Crippen molar-refractivity contribution >= 4 is 7.82 Å². The van der Waals surface area contributed by atoms with Gasteiger partial charge in [-0.25, -0.2) is 4.57 Å². The van der Waals surface area contributed by atoms with E-state index in [2.05, 4.69) is 0 Å². The van der Waals surface area contributed by atoms with Crippen LogP contribution in [-0.4, -0.2) is 19.8 Å². The fraction of sp³-hybridized carbons (Fsp3) is 0.875. The van der Waals surface area contributed by atoms with Gasteiger partial charge in [0.2, 0.25) is 0 Å². The summed E-state index contributed by atoms with van der Waals surface area (Å²) < 4.78 is 26.4. The van der Waals surface area contributed by atoms with Crippen LogP contribution in [0.3, 0.4) is 0 Å². The van der Waals surface area contributed by atoms with E-state index in [1.807, 2.05) is 6.07 Å². The quantitative estimate of drug-likeness (QED) is 0.465. The second kappa shape index (κ2) is 7.95. The highest BCUT2D eigenvalue weighted by atomic mass is 31.2. The van der Waals surface area contributed by atoms with E-state index in [1.54, 1.807) is 13.8 Å². The number of hydrogen-bond acceptors (Lipinski definition) is 5. The maximum absolute atomic E-state index is 11.6. The van der Waals surface area contributed by atoms with Crippen molar-refractivity contribution in [1.29, 1.82) is 5.26 Å². The summed E-state index contributed by atoms with van der Waals surface area (Å²) in [4.78, 5) is 0. The summed E-state index contributed by atoms with van der Waals surface area (Å²) in [6.07, 6.45) is 0.902. The predicted octanol–water partition coefficient (Wildman–Crippen LogP) is 2.49. The molecule has 5 nitrogen and oxygen atoms in total. The van der Waals surface area contributed by atoms with Crippen molar-refractivity contribution in [1.82, 2.24) is 0 Å². The van der Waals surface area contributed by atoms with Crippen LogP contribution in [0.1, 0.15) is 26.7 Å². The molecule has 0 unspecified atom stereocenters. The van der Waals surface area contributed by atoms with Crippen LogP contribution >= 0.6 is 7.82 Å². The molecule has 0 aromatic heterocycles. The van der Waals surface area contributed by atoms with Crippen LogP contribution in [0.15, 0.2) is 0 Å². The van der Waals surface area contributed by atoms with Crippen molar-refractivity contribution in [3.8, 4) is 6.07 Å². The second-order valence-electron chi connectivity index (χ2n) is 2.38. The van der Waals surface area contributed by atoms with Crippen LogP contribution in [0.25, 0.3) is 0 Å². The highest BCUT2D eigenvalue weighted by Crippen LogP contribution is 2.49. The Hall–Kier alpha value is -0.400. The van der Waals surface area contributed by atoms with E-state index in [0.717, 1.165) is 0 Å². The molecule has 0 fully saturated rings. The van der Waals surface area contributed by atoms with Gasteiger partial charge in [-0.3, -0.25) is 13.6 Å². The zero-order chi connectivity index (χ0) is 10.9. The fourth-order valence-corrected chi connectivity index (χ4v) is 1.96. The predicted molar refractivity (Wildman–Crippen MR) is 51.7 cm³/mol. The average molecular weight is 221 g/mol. The van der Waals surface area contributed by atoms with Gasteiger partial charge in [-0.1, -0.05) is 0 Å². The zero-order valence-electron chi connectivity index (χ0n) is 8.56. The van der Waals surface area contributed by atoms with E-state index in [9.17, 15) is 4.57 Å². The third-order valence-corrected chi connectivity index (χ3v) is 2.90. The third-order valence-electron chi connectivity index (χ3n) is 1.26. The van der Waals surface area contributed by atoms with E-state index < -0.39 is 7.82 Å². The molecule has 0 atom stereocenters. The molecule has 82 valence electrons. The maximum Gasteiger partial charge on any atom is 0.474 e. The molecule has 0 aliphatic carbocycles. The molecule has 0 radical (unpaired) electrons. The van der Waals surface area contributed by atoms with Crippen molar-refractivity contribution in [3.05, 3.63) is 0 Å². The number of rotatable bonds is 8. The molecule has 0 aliphatic rings. The first-order valence-corrected chi connectivity index (χ1v) is 6.05. The molecule has 0 N–H and O–H groups in total. The largest absolute Gasteiger partial charge is 0.474 e. The summed E-state index contributed by atoms with van der Waals surface area (Å²) in [5.74, 6) is 0. The molecule has 6 heteroatoms. The van der Waals surface area contributed by atoms with Crippen LogP contribution in [0.4, 0.5) is 0 Å². The topological polar surface area (TPSA) is 68.6 Å². The van der Waals surface area contributed by atoms with Gasteiger partial charge in [-0.15, -0.1) is 0 Å². The lowest BCUT2D eigenvalue weighted by Gasteiger charge is -2.15. The molecular weight excluding hydrogens is 205 g/mol. The van der Waals surface area contributed by atoms with Gasteiger partial charge >= 0.3 is 7.82 Å². The van der Waals surface area contributed by atoms with Crippen molar-refractivity contribution in [2.45, 2.75) is 26.7 Å². The highest BCUT2D eigenvalue weighted by molar-refractivity contribution is 7.48. The van der Waals surface area contributed by atoms with Gasteiger partial charge in [-0.05, 0) is 20.3 Å². The molecule has 0 aromatic rings. The van der Waals surface area contributed by atoms with Crippen LogP contribution in [0.2, 0.25) is 0 Å². The van der Waals surface area contributed by atoms with Gasteiger partial charge < -0.3 is 0 Å². The number of phosphoric ester groups is 1. The van der Waals surface area contributed by atoms with E-state index in [0.29, 0.717) is 12.8 Å². The maximum atomic E-state index is 11.6. The monoisotopic (exact) mass is 221 g/mol. The van der Waals surface area contributed by atoms with Crippen molar-refractivity contribution in [2.24, 2.45) is 0 Å². The first-order chi connectivity index (χ1) is 6.68. The minimum Gasteiger partial charge on any atom is -0.287 e. The summed E-state index contributed by atoms with van der Waals surface area (Å²) in [5.41, 5.74) is 0. The molecule has 0 saturated heterocycles. The second-order valence-corrected chi connectivity index (χ2v) is 4.05. The Balaban J connectivity index is 3.85. The smallest absolute Gasteiger partial charge is 0.287 e. The van der Waals surface area contributed by atoms with Gasteiger partial charge in [-0.2, -0.15) is 5.26 Å². The fourth-order valence-electron chi connectivity index (χ4n) is 0.756. The molecule has 0 aromatic carbocycles. The van der Waals surface area contributed by atoms with Gasteiger partial charge in [0.1, 0.15) is 0 Å². The van der Waals surface area contributed by atoms with Gasteiger partial charge in [0, 0.05) is 6.42 Å². The molecular formula is C8H16NO4P. The van der Waals surface area contributed by atoms with Crippen LogP contribution in [0.5, 0.6) is 0 Å². The lowest BCUT2D eigenvalue weighted by molar-refractivity contribution is 0.121. The van der Waals surface area contributed by atoms with Crippen molar-refractivity contribution in [3.63, 3.8) is 0 Å². The number of nitriles is 1. The van der Waals surface area contributed by atoms with Crippen LogP contribution in [0, 0.1) is 11.3 Å². The van der Waals surface area contributed by atoms with E-state index in [-0.39, 0.29) is 19.8 Å². The first-order valence-electron chi connectivity index (χ1n) is 4.59. The molecule has 0 amide bonds. The molecule has 0 aliphatic heterocycles. The SMILES string of the molecule is CCOP(=O)(OCC)OCCCC#N. The number of unbranched alkanes of at least 4 members (excludes halogenated alkanes) is 1. The Morgan fingerprint density at radius 1 is 1.21 bits per heavy atom. The highest BCUT2D eigenvalue weighted by Gasteiger charge is 2.24. The van der Waals surface area contributed by atoms with E-state index in [1.165, 1.54) is 0 Å². The van der Waals surface area contributed by atoms with Gasteiger partial charge in [0.15, 0.2) is 0 Å². The number of nitrogens with zero attached hydrogens (tertiary/aromatic N) is 1. The van der Waals surface area contributed by atoms with Crippen molar-refractivity contribution in [2.75, 3.05) is 19.8 Å². The standard InChI is InChI=1S/C8H16NO4P/c1-3-11-14(10,12-4-2)13-8-6-5-7-9/h3-6,8H2,1-2H3. The van der Waals surface area contributed by atoms with Crippen LogP contribution in [-0.2, 0) is 18.1 Å². The Labute approximate surface area is 84.6 Å². The number of phosphoric acid groups is 1. The minimum atomic E-state index is -3.37. The molecule has 14 heavy (non-hydrogen) atoms. The summed E-state index contributed by atoms with van der Waals surface area (Å²) in [6.45, 7) is 4.19. The molecule has 0 spiro atoms. The summed E-state index contributed by atoms with van der Waals surface area (Å²) in [5, 5.41) is 8.27. The minimum absolute atomic E-state index is 0.213. The zero-order valence-corrected chi connectivity index (χ0v) is 9.46. The molecule has 0 heterocycles. The Bertz CT molecular complexity index is 216. The number of hydrogen-bond donors (Lipinski definition) is 0. The van der Waals surface area contributed by atoms with E-state index >= 15 is 0 Å². The summed E-state index contributed by atoms with van der Waals surface area (Å²) in [6, 6.07) is 1.97. The van der Waals surface area contributed by atoms with Gasteiger partial charge in [0.25, 0.3) is 0 Å². The van der Waals surface area contributed by atoms with Crippen molar-refractivity contribution < 1.29 is 18.1 Å².